The van der Waals surface area contributed by atoms with Crippen LogP contribution in [0.5, 0.6) is 5.75 Å². The van der Waals surface area contributed by atoms with Crippen LogP contribution in [-0.2, 0) is 14.4 Å². The van der Waals surface area contributed by atoms with Crippen molar-refractivity contribution in [3.05, 3.63) is 91.8 Å². The molecule has 1 unspecified atom stereocenters. The van der Waals surface area contributed by atoms with E-state index in [0.29, 0.717) is 29.6 Å². The van der Waals surface area contributed by atoms with Crippen LogP contribution in [0.2, 0.25) is 5.02 Å². The Kier molecular flexibility index (Phi) is 11.4. The molecule has 3 aliphatic heterocycles. The fraction of sp³-hybridized carbons (Fsp3) is 0.415. The number of Topliss-reactive ketones (excluding diaryl/α,β-unsaturated/α-hetero) is 1. The Hall–Kier alpha value is -5.01. The molecule has 12 nitrogen and oxygen atoms in total. The first kappa shape index (κ1) is 38.3. The number of nitrogens with zero attached hydrogens (tertiary/aromatic N) is 5. The smallest absolute Gasteiger partial charge is 0.266 e. The number of ketones is 1. The van der Waals surface area contributed by atoms with E-state index in [2.05, 4.69) is 33.9 Å². The molecule has 286 valence electrons. The van der Waals surface area contributed by atoms with Crippen LogP contribution in [0.25, 0.3) is 5.00 Å². The van der Waals surface area contributed by atoms with Crippen molar-refractivity contribution < 1.29 is 28.7 Å². The van der Waals surface area contributed by atoms with Crippen molar-refractivity contribution in [2.45, 2.75) is 103 Å². The highest BCUT2D eigenvalue weighted by Crippen LogP contribution is 2.40. The van der Waals surface area contributed by atoms with Crippen LogP contribution in [0.1, 0.15) is 131 Å². The summed E-state index contributed by atoms with van der Waals surface area (Å²) in [5, 5.41) is 12.8. The van der Waals surface area contributed by atoms with Crippen LogP contribution in [0.15, 0.2) is 47.5 Å². The molecular weight excluding hydrogens is 740 g/mol. The summed E-state index contributed by atoms with van der Waals surface area (Å²) < 4.78 is 8.03. The predicted octanol–water partition coefficient (Wildman–Crippen LogP) is 7.36. The van der Waals surface area contributed by atoms with Crippen molar-refractivity contribution in [2.75, 3.05) is 6.61 Å². The summed E-state index contributed by atoms with van der Waals surface area (Å²) >= 11 is 7.92. The maximum atomic E-state index is 13.4. The van der Waals surface area contributed by atoms with E-state index in [4.69, 9.17) is 21.3 Å². The summed E-state index contributed by atoms with van der Waals surface area (Å²) in [4.78, 5) is 71.1. The molecule has 1 fully saturated rings. The van der Waals surface area contributed by atoms with E-state index in [1.807, 2.05) is 31.2 Å². The zero-order valence-corrected chi connectivity index (χ0v) is 32.7. The molecule has 0 spiro atoms. The van der Waals surface area contributed by atoms with E-state index in [1.165, 1.54) is 4.88 Å². The number of aliphatic imine (C=N–C) groups is 1. The number of halogens is 1. The van der Waals surface area contributed by atoms with E-state index in [9.17, 15) is 24.0 Å². The number of nitrogens with one attached hydrogen (secondary N) is 1. The minimum atomic E-state index is -1.02. The normalized spacial score (nSPS) is 17.7. The minimum Gasteiger partial charge on any atom is -0.493 e. The summed E-state index contributed by atoms with van der Waals surface area (Å²) in [7, 11) is 0. The largest absolute Gasteiger partial charge is 0.493 e. The average molecular weight is 783 g/mol. The number of fused-ring (bicyclic) bond motifs is 4. The second-order valence-electron chi connectivity index (χ2n) is 14.3. The minimum absolute atomic E-state index is 0.0659. The van der Waals surface area contributed by atoms with Crippen LogP contribution in [0, 0.1) is 20.8 Å². The summed E-state index contributed by atoms with van der Waals surface area (Å²) in [6.07, 6.45) is 7.42. The number of carbonyl (C=O) groups is 5. The number of imide groups is 2. The number of benzene rings is 2. The van der Waals surface area contributed by atoms with Gasteiger partial charge < -0.3 is 4.74 Å². The monoisotopic (exact) mass is 782 g/mol. The van der Waals surface area contributed by atoms with Crippen LogP contribution in [0.4, 0.5) is 0 Å². The van der Waals surface area contributed by atoms with Crippen molar-refractivity contribution in [2.24, 2.45) is 4.99 Å². The van der Waals surface area contributed by atoms with Gasteiger partial charge in [-0.2, -0.15) is 0 Å². The SMILES string of the molecule is Cc1sc2c(c1C)C(c1ccc(Cl)cc1)=N[C@@H](CC(=O)CCCCCCCCCOc1cccc3c1C(=O)N(C1CCC(=O)NC1=O)C3=O)c1nnc(C)n1-2. The zero-order chi connectivity index (χ0) is 38.8. The number of hydrogen-bond donors (Lipinski definition) is 1. The second-order valence-corrected chi connectivity index (χ2v) is 16.0. The maximum absolute atomic E-state index is 13.4. The number of rotatable bonds is 15. The van der Waals surface area contributed by atoms with Crippen LogP contribution in [0.3, 0.4) is 0 Å². The fourth-order valence-electron chi connectivity index (χ4n) is 7.54. The van der Waals surface area contributed by atoms with Gasteiger partial charge in [0.05, 0.1) is 23.4 Å². The Bertz CT molecular complexity index is 2210. The lowest BCUT2D eigenvalue weighted by molar-refractivity contribution is -0.136. The molecule has 2 atom stereocenters. The lowest BCUT2D eigenvalue weighted by Crippen LogP contribution is -2.54. The maximum Gasteiger partial charge on any atom is 0.266 e. The Balaban J connectivity index is 0.863. The molecule has 0 radical (unpaired) electrons. The molecule has 14 heteroatoms. The van der Waals surface area contributed by atoms with Gasteiger partial charge in [0.2, 0.25) is 11.8 Å². The van der Waals surface area contributed by atoms with Gasteiger partial charge >= 0.3 is 0 Å². The number of carbonyl (C=O) groups excluding carboxylic acids is 5. The molecule has 4 amide bonds. The molecule has 0 saturated carbocycles. The molecular formula is C41H43ClN6O6S. The van der Waals surface area contributed by atoms with Gasteiger partial charge in [0.15, 0.2) is 5.82 Å². The third kappa shape index (κ3) is 7.77. The number of piperidine rings is 1. The molecule has 55 heavy (non-hydrogen) atoms. The number of aromatic nitrogens is 3. The number of thiophene rings is 1. The van der Waals surface area contributed by atoms with Crippen LogP contribution >= 0.6 is 22.9 Å². The molecule has 1 N–H and O–H groups in total. The highest BCUT2D eigenvalue weighted by atomic mass is 35.5. The van der Waals surface area contributed by atoms with Gasteiger partial charge in [-0.3, -0.25) is 43.7 Å². The fourth-order valence-corrected chi connectivity index (χ4v) is 8.88. The first-order valence-electron chi connectivity index (χ1n) is 18.9. The van der Waals surface area contributed by atoms with Crippen molar-refractivity contribution in [3.8, 4) is 10.8 Å². The molecule has 0 bridgehead atoms. The van der Waals surface area contributed by atoms with E-state index in [1.54, 1.807) is 29.5 Å². The lowest BCUT2D eigenvalue weighted by Gasteiger charge is -2.27. The predicted molar refractivity (Wildman–Crippen MR) is 208 cm³/mol. The number of ether oxygens (including phenoxy) is 1. The molecule has 3 aliphatic rings. The third-order valence-electron chi connectivity index (χ3n) is 10.6. The molecule has 0 aliphatic carbocycles. The number of unbranched alkanes of at least 4 members (excludes halogenated alkanes) is 6. The van der Waals surface area contributed by atoms with E-state index in [-0.39, 0.29) is 36.2 Å². The van der Waals surface area contributed by atoms with Gasteiger partial charge in [-0.25, -0.2) is 0 Å². The second kappa shape index (κ2) is 16.4. The zero-order valence-electron chi connectivity index (χ0n) is 31.2. The highest BCUT2D eigenvalue weighted by Gasteiger charge is 2.46. The first-order valence-corrected chi connectivity index (χ1v) is 20.1. The van der Waals surface area contributed by atoms with E-state index < -0.39 is 35.7 Å². The van der Waals surface area contributed by atoms with Gasteiger partial charge in [0.1, 0.15) is 34.4 Å². The molecule has 1 saturated heterocycles. The van der Waals surface area contributed by atoms with Gasteiger partial charge in [0.25, 0.3) is 11.8 Å². The number of amides is 4. The average Bonchev–Trinajstić information content (AvgIpc) is 3.74. The number of aryl methyl sites for hydroxylation is 2. The van der Waals surface area contributed by atoms with Gasteiger partial charge in [-0.05, 0) is 69.9 Å². The molecule has 7 rings (SSSR count). The topological polar surface area (TPSA) is 153 Å². The molecule has 4 aromatic rings. The van der Waals surface area contributed by atoms with Crippen molar-refractivity contribution in [1.82, 2.24) is 25.0 Å². The quantitative estimate of drug-likeness (QED) is 0.0970. The Morgan fingerprint density at radius 1 is 0.909 bits per heavy atom. The summed E-state index contributed by atoms with van der Waals surface area (Å²) in [6.45, 7) is 6.54. The van der Waals surface area contributed by atoms with Gasteiger partial charge in [0, 0.05) is 40.3 Å². The molecule has 2 aromatic heterocycles. The molecule has 5 heterocycles. The lowest BCUT2D eigenvalue weighted by atomic mass is 9.99. The van der Waals surface area contributed by atoms with E-state index in [0.717, 1.165) is 83.1 Å². The summed E-state index contributed by atoms with van der Waals surface area (Å²) in [5.41, 5.74) is 4.36. The Labute approximate surface area is 328 Å². The standard InChI is InChI=1S/C41H43ClN6O6S/c1-23-24(2)55-41-34(23)36(26-15-17-27(42)18-16-26)43-30(37-46-45-25(3)47(37)41)22-28(49)12-9-7-5-4-6-8-10-21-54-32-14-11-13-29-35(32)40(53)48(39(29)52)31-19-20-33(50)44-38(31)51/h11,13-18,30-31H,4-10,12,19-22H2,1-3H3,(H,44,50,51)/t30-,31?/m0/s1. The first-order chi connectivity index (χ1) is 26.5. The van der Waals surface area contributed by atoms with Crippen molar-refractivity contribution in [3.63, 3.8) is 0 Å². The van der Waals surface area contributed by atoms with Crippen LogP contribution in [-0.4, -0.2) is 67.4 Å². The van der Waals surface area contributed by atoms with E-state index >= 15 is 0 Å². The van der Waals surface area contributed by atoms with Gasteiger partial charge in [-0.15, -0.1) is 21.5 Å². The Morgan fingerprint density at radius 2 is 1.64 bits per heavy atom. The molecule has 2 aromatic carbocycles. The van der Waals surface area contributed by atoms with Crippen molar-refractivity contribution in [1.29, 1.82) is 0 Å². The third-order valence-corrected chi connectivity index (χ3v) is 12.0. The van der Waals surface area contributed by atoms with Crippen molar-refractivity contribution >= 4 is 58.1 Å². The summed E-state index contributed by atoms with van der Waals surface area (Å²) in [5.74, 6) is -0.253. The van der Waals surface area contributed by atoms with Crippen LogP contribution < -0.4 is 10.1 Å². The highest BCUT2D eigenvalue weighted by molar-refractivity contribution is 7.15. The summed E-state index contributed by atoms with van der Waals surface area (Å²) in [6, 6.07) is 11.1. The van der Waals surface area contributed by atoms with Gasteiger partial charge in [-0.1, -0.05) is 61.9 Å². The Morgan fingerprint density at radius 3 is 2.38 bits per heavy atom. The number of hydrogen-bond acceptors (Lipinski definition) is 10.